The van der Waals surface area contributed by atoms with E-state index < -0.39 is 15.8 Å². The first kappa shape index (κ1) is 19.7. The van der Waals surface area contributed by atoms with E-state index in [1.807, 2.05) is 0 Å². The molecule has 1 N–H and O–H groups in total. The van der Waals surface area contributed by atoms with Gasteiger partial charge in [0, 0.05) is 32.1 Å². The summed E-state index contributed by atoms with van der Waals surface area (Å²) in [7, 11) is -3.61. The van der Waals surface area contributed by atoms with Crippen LogP contribution in [0.2, 0.25) is 0 Å². The van der Waals surface area contributed by atoms with E-state index >= 15 is 0 Å². The molecule has 154 valence electrons. The van der Waals surface area contributed by atoms with E-state index in [1.165, 1.54) is 38.4 Å². The first-order chi connectivity index (χ1) is 13.8. The molecule has 10 nitrogen and oxygen atoms in total. The zero-order valence-electron chi connectivity index (χ0n) is 15.6. The monoisotopic (exact) mass is 437 g/mol. The van der Waals surface area contributed by atoms with Crippen LogP contribution in [-0.2, 0) is 21.4 Å². The van der Waals surface area contributed by atoms with Gasteiger partial charge in [-0.05, 0) is 31.9 Å². The highest BCUT2D eigenvalue weighted by atomic mass is 32.2. The highest BCUT2D eigenvalue weighted by Gasteiger charge is 2.28. The standard InChI is InChI=1S/C17H19N5O5S2/c1-11-19-20-16(28-11)18-15(23)6-9-22-13-5-4-12(10-14(13)27-17(22)24)29(25,26)21-7-2-3-8-21/h4-5,10H,2-3,6-9H2,1H3,(H,18,20,23). The number of benzene rings is 1. The van der Waals surface area contributed by atoms with Crippen molar-refractivity contribution in [3.05, 3.63) is 33.8 Å². The minimum Gasteiger partial charge on any atom is -0.408 e. The summed E-state index contributed by atoms with van der Waals surface area (Å²) in [6.07, 6.45) is 1.71. The molecular weight excluding hydrogens is 418 g/mol. The average Bonchev–Trinajstić information content (AvgIpc) is 3.40. The van der Waals surface area contributed by atoms with Crippen molar-refractivity contribution in [2.24, 2.45) is 0 Å². The Morgan fingerprint density at radius 2 is 2.03 bits per heavy atom. The van der Waals surface area contributed by atoms with Crippen LogP contribution in [0.3, 0.4) is 0 Å². The van der Waals surface area contributed by atoms with E-state index in [1.54, 1.807) is 6.92 Å². The van der Waals surface area contributed by atoms with E-state index in [0.717, 1.165) is 17.8 Å². The molecule has 0 radical (unpaired) electrons. The molecule has 0 spiro atoms. The fourth-order valence-electron chi connectivity index (χ4n) is 3.24. The molecule has 4 rings (SSSR count). The van der Waals surface area contributed by atoms with Crippen LogP contribution in [0.4, 0.5) is 5.13 Å². The fourth-order valence-corrected chi connectivity index (χ4v) is 5.38. The third-order valence-electron chi connectivity index (χ3n) is 4.68. The summed E-state index contributed by atoms with van der Waals surface area (Å²) in [5.41, 5.74) is 0.616. The minimum absolute atomic E-state index is 0.0288. The van der Waals surface area contributed by atoms with Gasteiger partial charge in [0.25, 0.3) is 0 Å². The summed E-state index contributed by atoms with van der Waals surface area (Å²) in [5, 5.41) is 11.4. The predicted molar refractivity (Wildman–Crippen MR) is 106 cm³/mol. The number of amides is 1. The number of carbonyl (C=O) groups is 1. The van der Waals surface area contributed by atoms with Gasteiger partial charge in [-0.1, -0.05) is 11.3 Å². The molecule has 3 aromatic rings. The molecule has 1 aliphatic rings. The summed E-state index contributed by atoms with van der Waals surface area (Å²) in [5.74, 6) is -0.953. The van der Waals surface area contributed by atoms with E-state index in [-0.39, 0.29) is 29.4 Å². The van der Waals surface area contributed by atoms with Gasteiger partial charge in [-0.3, -0.25) is 9.36 Å². The van der Waals surface area contributed by atoms with Gasteiger partial charge < -0.3 is 9.73 Å². The summed E-state index contributed by atoms with van der Waals surface area (Å²) in [4.78, 5) is 24.4. The second-order valence-electron chi connectivity index (χ2n) is 6.68. The smallest absolute Gasteiger partial charge is 0.408 e. The van der Waals surface area contributed by atoms with Crippen LogP contribution < -0.4 is 11.1 Å². The summed E-state index contributed by atoms with van der Waals surface area (Å²) >= 11 is 1.26. The van der Waals surface area contributed by atoms with Crippen LogP contribution in [-0.4, -0.2) is 46.5 Å². The Bertz CT molecular complexity index is 1220. The average molecular weight is 438 g/mol. The van der Waals surface area contributed by atoms with Gasteiger partial charge in [-0.25, -0.2) is 13.2 Å². The second kappa shape index (κ2) is 7.69. The van der Waals surface area contributed by atoms with Crippen LogP contribution >= 0.6 is 11.3 Å². The molecule has 0 saturated carbocycles. The molecule has 12 heteroatoms. The van der Waals surface area contributed by atoms with Crippen molar-refractivity contribution in [3.8, 4) is 0 Å². The van der Waals surface area contributed by atoms with Crippen molar-refractivity contribution in [1.82, 2.24) is 19.1 Å². The number of aromatic nitrogens is 3. The molecule has 0 unspecified atom stereocenters. The van der Waals surface area contributed by atoms with E-state index in [0.29, 0.717) is 23.7 Å². The summed E-state index contributed by atoms with van der Waals surface area (Å²) in [6, 6.07) is 4.37. The SMILES string of the molecule is Cc1nnc(NC(=O)CCn2c(=O)oc3cc(S(=O)(=O)N4CCCC4)ccc32)s1. The van der Waals surface area contributed by atoms with Gasteiger partial charge in [-0.15, -0.1) is 10.2 Å². The van der Waals surface area contributed by atoms with E-state index in [4.69, 9.17) is 4.42 Å². The number of nitrogens with zero attached hydrogens (tertiary/aromatic N) is 4. The molecule has 29 heavy (non-hydrogen) atoms. The van der Waals surface area contributed by atoms with Gasteiger partial charge >= 0.3 is 5.76 Å². The van der Waals surface area contributed by atoms with Crippen LogP contribution in [0.5, 0.6) is 0 Å². The van der Waals surface area contributed by atoms with Crippen molar-refractivity contribution in [3.63, 3.8) is 0 Å². The number of hydrogen-bond donors (Lipinski definition) is 1. The lowest BCUT2D eigenvalue weighted by atomic mass is 10.3. The van der Waals surface area contributed by atoms with Crippen molar-refractivity contribution >= 4 is 43.5 Å². The fraction of sp³-hybridized carbons (Fsp3) is 0.412. The van der Waals surface area contributed by atoms with E-state index in [9.17, 15) is 18.0 Å². The van der Waals surface area contributed by atoms with Crippen molar-refractivity contribution < 1.29 is 17.6 Å². The Kier molecular flexibility index (Phi) is 5.23. The van der Waals surface area contributed by atoms with Crippen LogP contribution in [0, 0.1) is 6.92 Å². The maximum atomic E-state index is 12.7. The Labute approximate surface area is 170 Å². The van der Waals surface area contributed by atoms with Gasteiger partial charge in [0.15, 0.2) is 5.58 Å². The first-order valence-corrected chi connectivity index (χ1v) is 11.3. The number of sulfonamides is 1. The van der Waals surface area contributed by atoms with Crippen molar-refractivity contribution in [2.45, 2.75) is 37.6 Å². The Morgan fingerprint density at radius 3 is 2.72 bits per heavy atom. The minimum atomic E-state index is -3.61. The zero-order valence-corrected chi connectivity index (χ0v) is 17.3. The molecule has 1 amide bonds. The van der Waals surface area contributed by atoms with Crippen LogP contribution in [0.15, 0.2) is 32.3 Å². The highest BCUT2D eigenvalue weighted by molar-refractivity contribution is 7.89. The number of fused-ring (bicyclic) bond motifs is 1. The number of nitrogens with one attached hydrogen (secondary N) is 1. The lowest BCUT2D eigenvalue weighted by molar-refractivity contribution is -0.116. The quantitative estimate of drug-likeness (QED) is 0.620. The molecule has 1 saturated heterocycles. The number of carbonyl (C=O) groups excluding carboxylic acids is 1. The third-order valence-corrected chi connectivity index (χ3v) is 7.33. The maximum absolute atomic E-state index is 12.7. The molecule has 0 aliphatic carbocycles. The Hall–Kier alpha value is -2.57. The summed E-state index contributed by atoms with van der Waals surface area (Å²) < 4.78 is 33.4. The van der Waals surface area contributed by atoms with Gasteiger partial charge in [-0.2, -0.15) is 4.31 Å². The first-order valence-electron chi connectivity index (χ1n) is 9.08. The maximum Gasteiger partial charge on any atom is 0.419 e. The molecular formula is C17H19N5O5S2. The largest absolute Gasteiger partial charge is 0.419 e. The Balaban J connectivity index is 1.52. The van der Waals surface area contributed by atoms with Gasteiger partial charge in [0.2, 0.25) is 21.1 Å². The van der Waals surface area contributed by atoms with E-state index in [2.05, 4.69) is 15.5 Å². The zero-order chi connectivity index (χ0) is 20.6. The number of anilines is 1. The second-order valence-corrected chi connectivity index (χ2v) is 9.80. The number of rotatable bonds is 6. The number of oxazole rings is 1. The number of aryl methyl sites for hydroxylation is 2. The van der Waals surface area contributed by atoms with Gasteiger partial charge in [0.05, 0.1) is 10.4 Å². The predicted octanol–water partition coefficient (Wildman–Crippen LogP) is 1.57. The molecule has 3 heterocycles. The third kappa shape index (κ3) is 3.95. The number of hydrogen-bond acceptors (Lipinski definition) is 8. The summed E-state index contributed by atoms with van der Waals surface area (Å²) in [6.45, 7) is 2.86. The molecule has 0 atom stereocenters. The van der Waals surface area contributed by atoms with Crippen molar-refractivity contribution in [2.75, 3.05) is 18.4 Å². The lowest BCUT2D eigenvalue weighted by Gasteiger charge is -2.15. The molecule has 1 fully saturated rings. The lowest BCUT2D eigenvalue weighted by Crippen LogP contribution is -2.27. The molecule has 1 aromatic carbocycles. The van der Waals surface area contributed by atoms with Crippen LogP contribution in [0.1, 0.15) is 24.3 Å². The van der Waals surface area contributed by atoms with Crippen molar-refractivity contribution in [1.29, 1.82) is 0 Å². The Morgan fingerprint density at radius 1 is 1.28 bits per heavy atom. The molecule has 1 aliphatic heterocycles. The molecule has 0 bridgehead atoms. The van der Waals surface area contributed by atoms with Crippen LogP contribution in [0.25, 0.3) is 11.1 Å². The molecule has 2 aromatic heterocycles. The topological polar surface area (TPSA) is 127 Å². The highest BCUT2D eigenvalue weighted by Crippen LogP contribution is 2.24. The van der Waals surface area contributed by atoms with Gasteiger partial charge in [0.1, 0.15) is 5.01 Å². The normalized spacial score (nSPS) is 15.2.